The van der Waals surface area contributed by atoms with Gasteiger partial charge in [0.25, 0.3) is 0 Å². The third-order valence-corrected chi connectivity index (χ3v) is 4.67. The molecular weight excluding hydrogens is 330 g/mol. The first-order chi connectivity index (χ1) is 13.0. The van der Waals surface area contributed by atoms with Crippen molar-refractivity contribution in [1.29, 1.82) is 0 Å². The first kappa shape index (κ1) is 19.0. The van der Waals surface area contributed by atoms with Crippen LogP contribution in [-0.2, 0) is 0 Å². The van der Waals surface area contributed by atoms with Gasteiger partial charge in [0.1, 0.15) is 0 Å². The second-order valence-corrected chi connectivity index (χ2v) is 7.41. The number of aliphatic imine (C=N–C) groups is 1. The number of hydrogen-bond acceptors (Lipinski definition) is 3. The average Bonchev–Trinajstić information content (AvgIpc) is 2.68. The first-order valence-corrected chi connectivity index (χ1v) is 9.54. The van der Waals surface area contributed by atoms with Crippen molar-refractivity contribution in [2.45, 2.75) is 46.5 Å². The SMILES string of the molecule is C/C(=N\c1c(C(C)C)cccc1C(C)C)c1cccc(-c2ccccn2)n1. The smallest absolute Gasteiger partial charge is 0.0894 e. The van der Waals surface area contributed by atoms with Gasteiger partial charge in [-0.1, -0.05) is 58.0 Å². The highest BCUT2D eigenvalue weighted by Crippen LogP contribution is 2.35. The number of pyridine rings is 2. The molecular formula is C24H27N3. The van der Waals surface area contributed by atoms with Crippen LogP contribution < -0.4 is 0 Å². The lowest BCUT2D eigenvalue weighted by Gasteiger charge is -2.17. The Hall–Kier alpha value is -2.81. The molecule has 2 heterocycles. The van der Waals surface area contributed by atoms with E-state index in [9.17, 15) is 0 Å². The lowest BCUT2D eigenvalue weighted by atomic mass is 9.93. The van der Waals surface area contributed by atoms with E-state index >= 15 is 0 Å². The van der Waals surface area contributed by atoms with E-state index in [1.807, 2.05) is 43.3 Å². The minimum atomic E-state index is 0.420. The van der Waals surface area contributed by atoms with Crippen LogP contribution >= 0.6 is 0 Å². The van der Waals surface area contributed by atoms with Crippen LogP contribution in [0.1, 0.15) is 63.3 Å². The molecule has 0 aliphatic rings. The maximum absolute atomic E-state index is 5.04. The van der Waals surface area contributed by atoms with Gasteiger partial charge in [0.15, 0.2) is 0 Å². The van der Waals surface area contributed by atoms with E-state index in [1.165, 1.54) is 11.1 Å². The molecule has 0 saturated heterocycles. The Morgan fingerprint density at radius 3 is 2.00 bits per heavy atom. The van der Waals surface area contributed by atoms with Crippen molar-refractivity contribution in [3.8, 4) is 11.4 Å². The minimum absolute atomic E-state index is 0.420. The predicted octanol–water partition coefficient (Wildman–Crippen LogP) is 6.53. The molecule has 138 valence electrons. The first-order valence-electron chi connectivity index (χ1n) is 9.54. The van der Waals surface area contributed by atoms with Crippen molar-refractivity contribution in [2.75, 3.05) is 0 Å². The van der Waals surface area contributed by atoms with Crippen LogP contribution in [0, 0.1) is 0 Å². The molecule has 0 aliphatic carbocycles. The number of benzene rings is 1. The zero-order valence-corrected chi connectivity index (χ0v) is 16.8. The predicted molar refractivity (Wildman–Crippen MR) is 114 cm³/mol. The van der Waals surface area contributed by atoms with E-state index in [1.54, 1.807) is 6.20 Å². The standard InChI is InChI=1S/C24H27N3/c1-16(2)19-10-8-11-20(17(3)4)24(19)26-18(5)21-13-9-14-23(27-21)22-12-6-7-15-25-22/h6-17H,1-5H3/b26-18+. The molecule has 0 amide bonds. The highest BCUT2D eigenvalue weighted by Gasteiger charge is 2.14. The highest BCUT2D eigenvalue weighted by molar-refractivity contribution is 5.99. The van der Waals surface area contributed by atoms with Crippen LogP contribution in [0.25, 0.3) is 11.4 Å². The number of nitrogens with zero attached hydrogens (tertiary/aromatic N) is 3. The van der Waals surface area contributed by atoms with Crippen molar-refractivity contribution in [3.63, 3.8) is 0 Å². The number of hydrogen-bond donors (Lipinski definition) is 0. The monoisotopic (exact) mass is 357 g/mol. The highest BCUT2D eigenvalue weighted by atomic mass is 14.8. The fourth-order valence-corrected chi connectivity index (χ4v) is 3.16. The molecule has 0 saturated carbocycles. The van der Waals surface area contributed by atoms with Gasteiger partial charge in [-0.3, -0.25) is 9.98 Å². The Morgan fingerprint density at radius 2 is 1.41 bits per heavy atom. The van der Waals surface area contributed by atoms with E-state index in [4.69, 9.17) is 9.98 Å². The van der Waals surface area contributed by atoms with Gasteiger partial charge in [-0.2, -0.15) is 0 Å². The molecule has 27 heavy (non-hydrogen) atoms. The summed E-state index contributed by atoms with van der Waals surface area (Å²) in [6.45, 7) is 10.9. The maximum Gasteiger partial charge on any atom is 0.0894 e. The van der Waals surface area contributed by atoms with Crippen LogP contribution in [0.5, 0.6) is 0 Å². The Balaban J connectivity index is 2.07. The lowest BCUT2D eigenvalue weighted by molar-refractivity contribution is 0.834. The van der Waals surface area contributed by atoms with Crippen LogP contribution in [0.3, 0.4) is 0 Å². The molecule has 3 aromatic rings. The summed E-state index contributed by atoms with van der Waals surface area (Å²) < 4.78 is 0. The van der Waals surface area contributed by atoms with Gasteiger partial charge in [-0.05, 0) is 54.2 Å². The molecule has 0 N–H and O–H groups in total. The number of rotatable bonds is 5. The van der Waals surface area contributed by atoms with Crippen LogP contribution in [0.4, 0.5) is 5.69 Å². The Morgan fingerprint density at radius 1 is 0.778 bits per heavy atom. The van der Waals surface area contributed by atoms with Crippen molar-refractivity contribution >= 4 is 11.4 Å². The summed E-state index contributed by atoms with van der Waals surface area (Å²) in [5.74, 6) is 0.839. The van der Waals surface area contributed by atoms with Gasteiger partial charge in [0, 0.05) is 6.20 Å². The molecule has 0 fully saturated rings. The average molecular weight is 358 g/mol. The second-order valence-electron chi connectivity index (χ2n) is 7.41. The number of aromatic nitrogens is 2. The summed E-state index contributed by atoms with van der Waals surface area (Å²) in [5.41, 5.74) is 7.18. The van der Waals surface area contributed by atoms with E-state index < -0.39 is 0 Å². The molecule has 0 unspecified atom stereocenters. The van der Waals surface area contributed by atoms with Crippen LogP contribution in [0.15, 0.2) is 65.8 Å². The zero-order valence-electron chi connectivity index (χ0n) is 16.8. The molecule has 0 radical (unpaired) electrons. The fraction of sp³-hybridized carbons (Fsp3) is 0.292. The van der Waals surface area contributed by atoms with Crippen molar-refractivity contribution in [2.24, 2.45) is 4.99 Å². The van der Waals surface area contributed by atoms with E-state index in [0.29, 0.717) is 11.8 Å². The molecule has 3 nitrogen and oxygen atoms in total. The van der Waals surface area contributed by atoms with Gasteiger partial charge in [0.05, 0.1) is 28.5 Å². The second kappa shape index (κ2) is 8.26. The minimum Gasteiger partial charge on any atom is -0.255 e. The van der Waals surface area contributed by atoms with Gasteiger partial charge >= 0.3 is 0 Å². The quantitative estimate of drug-likeness (QED) is 0.487. The van der Waals surface area contributed by atoms with Crippen molar-refractivity contribution in [3.05, 3.63) is 77.6 Å². The molecule has 3 heteroatoms. The maximum atomic E-state index is 5.04. The lowest BCUT2D eigenvalue weighted by Crippen LogP contribution is -2.02. The van der Waals surface area contributed by atoms with Crippen molar-refractivity contribution < 1.29 is 0 Å². The van der Waals surface area contributed by atoms with Gasteiger partial charge in [-0.25, -0.2) is 4.98 Å². The number of para-hydroxylation sites is 1. The van der Waals surface area contributed by atoms with Crippen LogP contribution in [0.2, 0.25) is 0 Å². The molecule has 3 rings (SSSR count). The third kappa shape index (κ3) is 4.30. The third-order valence-electron chi connectivity index (χ3n) is 4.67. The molecule has 0 atom stereocenters. The topological polar surface area (TPSA) is 38.1 Å². The normalized spacial score (nSPS) is 12.0. The zero-order chi connectivity index (χ0) is 19.4. The molecule has 0 spiro atoms. The summed E-state index contributed by atoms with van der Waals surface area (Å²) in [6, 6.07) is 18.4. The van der Waals surface area contributed by atoms with Gasteiger partial charge in [0.2, 0.25) is 0 Å². The summed E-state index contributed by atoms with van der Waals surface area (Å²) in [4.78, 5) is 14.2. The Kier molecular flexibility index (Phi) is 5.80. The Bertz CT molecular complexity index is 915. The summed E-state index contributed by atoms with van der Waals surface area (Å²) in [6.07, 6.45) is 1.79. The van der Waals surface area contributed by atoms with Gasteiger partial charge in [-0.15, -0.1) is 0 Å². The molecule has 0 bridgehead atoms. The molecule has 0 aliphatic heterocycles. The van der Waals surface area contributed by atoms with Crippen LogP contribution in [-0.4, -0.2) is 15.7 Å². The van der Waals surface area contributed by atoms with Crippen molar-refractivity contribution in [1.82, 2.24) is 9.97 Å². The largest absolute Gasteiger partial charge is 0.255 e. The summed E-state index contributed by atoms with van der Waals surface area (Å²) in [5, 5.41) is 0. The van der Waals surface area contributed by atoms with Gasteiger partial charge < -0.3 is 0 Å². The fourth-order valence-electron chi connectivity index (χ4n) is 3.16. The van der Waals surface area contributed by atoms with E-state index in [2.05, 4.69) is 50.9 Å². The molecule has 2 aromatic heterocycles. The Labute approximate surface area is 162 Å². The van der Waals surface area contributed by atoms with E-state index in [0.717, 1.165) is 28.5 Å². The molecule has 1 aromatic carbocycles. The van der Waals surface area contributed by atoms with E-state index in [-0.39, 0.29) is 0 Å². The summed E-state index contributed by atoms with van der Waals surface area (Å²) >= 11 is 0. The summed E-state index contributed by atoms with van der Waals surface area (Å²) in [7, 11) is 0.